The van der Waals surface area contributed by atoms with Crippen molar-refractivity contribution in [3.05, 3.63) is 83.9 Å². The zero-order valence-electron chi connectivity index (χ0n) is 18.6. The molecule has 0 amide bonds. The summed E-state index contributed by atoms with van der Waals surface area (Å²) in [6.45, 7) is 5.03. The van der Waals surface area contributed by atoms with E-state index in [0.717, 1.165) is 46.9 Å². The van der Waals surface area contributed by atoms with Crippen LogP contribution in [0.25, 0.3) is 23.0 Å². The van der Waals surface area contributed by atoms with Crippen LogP contribution in [0.2, 0.25) is 0 Å². The third-order valence-electron chi connectivity index (χ3n) is 5.45. The van der Waals surface area contributed by atoms with E-state index < -0.39 is 0 Å². The number of fused-ring (bicyclic) bond motifs is 1. The highest BCUT2D eigenvalue weighted by Gasteiger charge is 2.18. The van der Waals surface area contributed by atoms with Crippen LogP contribution in [0.4, 0.5) is 11.6 Å². The monoisotopic (exact) mass is 438 g/mol. The molecular formula is C26H26N6O. The van der Waals surface area contributed by atoms with Gasteiger partial charge in [0, 0.05) is 30.8 Å². The molecule has 0 radical (unpaired) electrons. The van der Waals surface area contributed by atoms with Gasteiger partial charge in [-0.2, -0.15) is 14.7 Å². The zero-order valence-corrected chi connectivity index (χ0v) is 18.6. The van der Waals surface area contributed by atoms with Gasteiger partial charge in [0.25, 0.3) is 0 Å². The molecule has 7 heteroatoms. The largest absolute Gasteiger partial charge is 0.378 e. The first kappa shape index (κ1) is 20.9. The van der Waals surface area contributed by atoms with Gasteiger partial charge in [-0.1, -0.05) is 66.7 Å². The van der Waals surface area contributed by atoms with Gasteiger partial charge in [0.15, 0.2) is 11.5 Å². The van der Waals surface area contributed by atoms with E-state index in [1.807, 2.05) is 60.0 Å². The fourth-order valence-electron chi connectivity index (χ4n) is 3.83. The number of nitrogens with zero attached hydrogens (tertiary/aromatic N) is 5. The van der Waals surface area contributed by atoms with Gasteiger partial charge in [-0.15, -0.1) is 0 Å². The van der Waals surface area contributed by atoms with Crippen LogP contribution in [0.15, 0.2) is 83.5 Å². The van der Waals surface area contributed by atoms with Crippen molar-refractivity contribution in [2.45, 2.75) is 6.92 Å². The molecule has 7 nitrogen and oxygen atoms in total. The number of nitrogens with one attached hydrogen (secondary N) is 1. The summed E-state index contributed by atoms with van der Waals surface area (Å²) < 4.78 is 7.45. The number of allylic oxidation sites excluding steroid dienone is 1. The molecular weight excluding hydrogens is 412 g/mol. The Balaban J connectivity index is 1.45. The first-order valence-electron chi connectivity index (χ1n) is 11.1. The lowest BCUT2D eigenvalue weighted by Gasteiger charge is -2.29. The molecule has 2 aromatic heterocycles. The molecule has 1 fully saturated rings. The predicted octanol–water partition coefficient (Wildman–Crippen LogP) is 4.73. The van der Waals surface area contributed by atoms with Crippen molar-refractivity contribution in [2.75, 3.05) is 36.6 Å². The van der Waals surface area contributed by atoms with Gasteiger partial charge in [0.05, 0.1) is 25.1 Å². The second kappa shape index (κ2) is 9.67. The Labute approximate surface area is 193 Å². The Kier molecular flexibility index (Phi) is 6.12. The van der Waals surface area contributed by atoms with Crippen LogP contribution in [0, 0.1) is 0 Å². The van der Waals surface area contributed by atoms with Gasteiger partial charge in [0.2, 0.25) is 0 Å². The van der Waals surface area contributed by atoms with Gasteiger partial charge in [-0.3, -0.25) is 5.43 Å². The zero-order chi connectivity index (χ0) is 22.5. The molecule has 5 rings (SSSR count). The molecule has 166 valence electrons. The van der Waals surface area contributed by atoms with E-state index >= 15 is 0 Å². The summed E-state index contributed by atoms with van der Waals surface area (Å²) in [4.78, 5) is 7.03. The Morgan fingerprint density at radius 1 is 1.00 bits per heavy atom. The normalized spacial score (nSPS) is 14.8. The number of ether oxygens (including phenoxy) is 1. The lowest BCUT2D eigenvalue weighted by atomic mass is 10.1. The Morgan fingerprint density at radius 2 is 1.73 bits per heavy atom. The average molecular weight is 439 g/mol. The number of benzene rings is 2. The third-order valence-corrected chi connectivity index (χ3v) is 5.45. The lowest BCUT2D eigenvalue weighted by molar-refractivity contribution is 0.122. The number of hydrazone groups is 1. The first-order chi connectivity index (χ1) is 16.3. The minimum Gasteiger partial charge on any atom is -0.378 e. The van der Waals surface area contributed by atoms with Crippen molar-refractivity contribution >= 4 is 29.6 Å². The summed E-state index contributed by atoms with van der Waals surface area (Å²) >= 11 is 0. The van der Waals surface area contributed by atoms with Crippen LogP contribution < -0.4 is 10.3 Å². The van der Waals surface area contributed by atoms with Gasteiger partial charge >= 0.3 is 0 Å². The Morgan fingerprint density at radius 3 is 2.48 bits per heavy atom. The highest BCUT2D eigenvalue weighted by Crippen LogP contribution is 2.25. The van der Waals surface area contributed by atoms with Crippen LogP contribution in [-0.4, -0.2) is 47.1 Å². The topological polar surface area (TPSA) is 67.0 Å². The molecule has 1 aliphatic heterocycles. The summed E-state index contributed by atoms with van der Waals surface area (Å²) in [5.74, 6) is 1.65. The van der Waals surface area contributed by atoms with Crippen molar-refractivity contribution in [1.29, 1.82) is 0 Å². The van der Waals surface area contributed by atoms with E-state index in [1.54, 1.807) is 6.21 Å². The summed E-state index contributed by atoms with van der Waals surface area (Å²) in [5.41, 5.74) is 8.00. The van der Waals surface area contributed by atoms with Crippen LogP contribution >= 0.6 is 0 Å². The van der Waals surface area contributed by atoms with E-state index in [2.05, 4.69) is 45.8 Å². The summed E-state index contributed by atoms with van der Waals surface area (Å²) in [6.07, 6.45) is 3.89. The molecule has 2 aromatic carbocycles. The summed E-state index contributed by atoms with van der Waals surface area (Å²) in [6, 6.07) is 24.3. The summed E-state index contributed by atoms with van der Waals surface area (Å²) in [5, 5.41) is 9.27. The fourth-order valence-corrected chi connectivity index (χ4v) is 3.83. The van der Waals surface area contributed by atoms with Gasteiger partial charge in [-0.05, 0) is 18.1 Å². The number of hydrogen-bond acceptors (Lipinski definition) is 6. The number of hydrogen-bond donors (Lipinski definition) is 1. The maximum absolute atomic E-state index is 5.55. The number of morpholine rings is 1. The average Bonchev–Trinajstić information content (AvgIpc) is 3.29. The minimum absolute atomic E-state index is 0.673. The maximum Gasteiger partial charge on any atom is 0.160 e. The number of rotatable bonds is 6. The molecule has 1 N–H and O–H groups in total. The second-order valence-corrected chi connectivity index (χ2v) is 7.93. The standard InChI is InChI=1S/C26H26N6O/c1-20(16-21-8-4-2-5-9-21)19-27-29-24-18-26(31-12-14-33-15-13-31)32-25(28-24)17-23(30-32)22-10-6-3-7-11-22/h2-11,16-19H,12-15H2,1H3,(H,28,29). The van der Waals surface area contributed by atoms with Crippen LogP contribution in [0.5, 0.6) is 0 Å². The van der Waals surface area contributed by atoms with E-state index in [1.165, 1.54) is 0 Å². The van der Waals surface area contributed by atoms with Gasteiger partial charge in [-0.25, -0.2) is 4.98 Å². The maximum atomic E-state index is 5.55. The van der Waals surface area contributed by atoms with E-state index in [0.29, 0.717) is 19.0 Å². The molecule has 0 saturated carbocycles. The molecule has 3 heterocycles. The minimum atomic E-state index is 0.673. The second-order valence-electron chi connectivity index (χ2n) is 7.93. The van der Waals surface area contributed by atoms with Crippen molar-refractivity contribution in [3.8, 4) is 11.3 Å². The van der Waals surface area contributed by atoms with E-state index in [4.69, 9.17) is 14.8 Å². The Bertz CT molecular complexity index is 1270. The molecule has 0 aliphatic carbocycles. The molecule has 0 spiro atoms. The lowest BCUT2D eigenvalue weighted by Crippen LogP contribution is -2.37. The van der Waals surface area contributed by atoms with Gasteiger partial charge in [0.1, 0.15) is 5.82 Å². The number of aromatic nitrogens is 3. The fraction of sp³-hybridized carbons (Fsp3) is 0.192. The van der Waals surface area contributed by atoms with Gasteiger partial charge < -0.3 is 9.64 Å². The first-order valence-corrected chi connectivity index (χ1v) is 11.1. The Hall–Kier alpha value is -3.97. The van der Waals surface area contributed by atoms with Crippen molar-refractivity contribution in [3.63, 3.8) is 0 Å². The molecule has 4 aromatic rings. The quantitative estimate of drug-likeness (QED) is 0.348. The number of anilines is 2. The molecule has 0 unspecified atom stereocenters. The molecule has 1 aliphatic rings. The third kappa shape index (κ3) is 4.94. The molecule has 33 heavy (non-hydrogen) atoms. The van der Waals surface area contributed by atoms with E-state index in [-0.39, 0.29) is 0 Å². The smallest absolute Gasteiger partial charge is 0.160 e. The van der Waals surface area contributed by atoms with E-state index in [9.17, 15) is 0 Å². The highest BCUT2D eigenvalue weighted by molar-refractivity contribution is 5.85. The van der Waals surface area contributed by atoms with Crippen molar-refractivity contribution in [2.24, 2.45) is 5.10 Å². The molecule has 0 atom stereocenters. The molecule has 1 saturated heterocycles. The van der Waals surface area contributed by atoms with Crippen LogP contribution in [0.1, 0.15) is 12.5 Å². The predicted molar refractivity (Wildman–Crippen MR) is 134 cm³/mol. The molecule has 0 bridgehead atoms. The van der Waals surface area contributed by atoms with Crippen LogP contribution in [0.3, 0.4) is 0 Å². The van der Waals surface area contributed by atoms with Crippen molar-refractivity contribution < 1.29 is 4.74 Å². The highest BCUT2D eigenvalue weighted by atomic mass is 16.5. The van der Waals surface area contributed by atoms with Crippen molar-refractivity contribution in [1.82, 2.24) is 14.6 Å². The van der Waals surface area contributed by atoms with Crippen LogP contribution in [-0.2, 0) is 4.74 Å². The SMILES string of the molecule is CC(C=NNc1cc(N2CCOCC2)n2nc(-c3ccccc3)cc2n1)=Cc1ccccc1. The summed E-state index contributed by atoms with van der Waals surface area (Å²) in [7, 11) is 0.